The van der Waals surface area contributed by atoms with E-state index >= 15 is 0 Å². The van der Waals surface area contributed by atoms with Crippen molar-refractivity contribution in [1.82, 2.24) is 0 Å². The third kappa shape index (κ3) is 4.01. The number of hydrogen-bond acceptors (Lipinski definition) is 3. The largest absolute Gasteiger partial charge is 0.497 e. The number of halogens is 1. The van der Waals surface area contributed by atoms with Gasteiger partial charge < -0.3 is 15.2 Å². The van der Waals surface area contributed by atoms with Crippen LogP contribution in [0, 0.1) is 0 Å². The van der Waals surface area contributed by atoms with Gasteiger partial charge in [0.25, 0.3) is 0 Å². The Balaban J connectivity index is 0.00000144. The van der Waals surface area contributed by atoms with Crippen LogP contribution in [0.15, 0.2) is 24.3 Å². The molecule has 0 heterocycles. The second kappa shape index (κ2) is 6.57. The van der Waals surface area contributed by atoms with E-state index in [1.165, 1.54) is 0 Å². The van der Waals surface area contributed by atoms with E-state index < -0.39 is 0 Å². The maximum atomic E-state index is 5.28. The molecule has 0 fully saturated rings. The highest BCUT2D eigenvalue weighted by Crippen LogP contribution is 2.16. The third-order valence-electron chi connectivity index (χ3n) is 1.45. The monoisotopic (exact) mass is 203 g/mol. The van der Waals surface area contributed by atoms with Crippen molar-refractivity contribution in [2.24, 2.45) is 5.73 Å². The van der Waals surface area contributed by atoms with Crippen molar-refractivity contribution in [3.05, 3.63) is 24.3 Å². The average Bonchev–Trinajstić information content (AvgIpc) is 2.15. The molecule has 0 aliphatic rings. The number of benzene rings is 1. The van der Waals surface area contributed by atoms with Crippen molar-refractivity contribution in [3.8, 4) is 11.5 Å². The third-order valence-corrected chi connectivity index (χ3v) is 1.45. The van der Waals surface area contributed by atoms with Gasteiger partial charge in [0.1, 0.15) is 18.1 Å². The van der Waals surface area contributed by atoms with Gasteiger partial charge in [0.2, 0.25) is 0 Å². The number of nitrogens with two attached hydrogens (primary N) is 1. The first-order valence-corrected chi connectivity index (χ1v) is 3.83. The molecule has 0 saturated carbocycles. The van der Waals surface area contributed by atoms with Crippen LogP contribution in [0.2, 0.25) is 0 Å². The topological polar surface area (TPSA) is 44.5 Å². The number of methoxy groups -OCH3 is 1. The van der Waals surface area contributed by atoms with Crippen LogP contribution in [0.25, 0.3) is 0 Å². The summed E-state index contributed by atoms with van der Waals surface area (Å²) in [6.07, 6.45) is 0. The first-order valence-electron chi connectivity index (χ1n) is 3.83. The van der Waals surface area contributed by atoms with Crippen molar-refractivity contribution in [2.45, 2.75) is 0 Å². The second-order valence-corrected chi connectivity index (χ2v) is 2.31. The molecule has 74 valence electrons. The van der Waals surface area contributed by atoms with E-state index in [4.69, 9.17) is 15.2 Å². The fourth-order valence-corrected chi connectivity index (χ4v) is 0.849. The molecule has 2 N–H and O–H groups in total. The summed E-state index contributed by atoms with van der Waals surface area (Å²) in [5, 5.41) is 0. The highest BCUT2D eigenvalue weighted by molar-refractivity contribution is 5.85. The fraction of sp³-hybridized carbons (Fsp3) is 0.333. The van der Waals surface area contributed by atoms with Crippen LogP contribution in [0.4, 0.5) is 0 Å². The lowest BCUT2D eigenvalue weighted by Crippen LogP contribution is -2.10. The normalized spacial score (nSPS) is 8.77. The standard InChI is InChI=1S/C9H13NO2.ClH/c1-11-8-2-4-9(5-3-8)12-7-6-10;/h2-5H,6-7,10H2,1H3;1H. The predicted molar refractivity (Wildman–Crippen MR) is 54.8 cm³/mol. The minimum atomic E-state index is 0. The smallest absolute Gasteiger partial charge is 0.119 e. The quantitative estimate of drug-likeness (QED) is 0.806. The maximum Gasteiger partial charge on any atom is 0.119 e. The summed E-state index contributed by atoms with van der Waals surface area (Å²) < 4.78 is 10.3. The molecule has 4 heteroatoms. The van der Waals surface area contributed by atoms with Crippen molar-refractivity contribution in [3.63, 3.8) is 0 Å². The van der Waals surface area contributed by atoms with Crippen molar-refractivity contribution >= 4 is 12.4 Å². The molecule has 13 heavy (non-hydrogen) atoms. The van der Waals surface area contributed by atoms with Crippen LogP contribution < -0.4 is 15.2 Å². The molecular formula is C9H14ClNO2. The van der Waals surface area contributed by atoms with Crippen LogP contribution >= 0.6 is 12.4 Å². The highest BCUT2D eigenvalue weighted by atomic mass is 35.5. The summed E-state index contributed by atoms with van der Waals surface area (Å²) in [4.78, 5) is 0. The summed E-state index contributed by atoms with van der Waals surface area (Å²) in [5.74, 6) is 1.65. The molecule has 0 aliphatic heterocycles. The SMILES string of the molecule is COc1ccc(OCCN)cc1.Cl. The lowest BCUT2D eigenvalue weighted by molar-refractivity contribution is 0.327. The van der Waals surface area contributed by atoms with Gasteiger partial charge in [-0.25, -0.2) is 0 Å². The minimum absolute atomic E-state index is 0. The van der Waals surface area contributed by atoms with E-state index in [9.17, 15) is 0 Å². The molecule has 0 aliphatic carbocycles. The molecular weight excluding hydrogens is 190 g/mol. The van der Waals surface area contributed by atoms with Gasteiger partial charge in [-0.3, -0.25) is 0 Å². The summed E-state index contributed by atoms with van der Waals surface area (Å²) in [7, 11) is 1.63. The van der Waals surface area contributed by atoms with Crippen LogP contribution in [-0.2, 0) is 0 Å². The van der Waals surface area contributed by atoms with Crippen LogP contribution in [0.1, 0.15) is 0 Å². The van der Waals surface area contributed by atoms with Gasteiger partial charge in [0, 0.05) is 6.54 Å². The van der Waals surface area contributed by atoms with Crippen molar-refractivity contribution < 1.29 is 9.47 Å². The van der Waals surface area contributed by atoms with Gasteiger partial charge >= 0.3 is 0 Å². The Morgan fingerprint density at radius 2 is 1.69 bits per heavy atom. The van der Waals surface area contributed by atoms with Crippen molar-refractivity contribution in [2.75, 3.05) is 20.3 Å². The van der Waals surface area contributed by atoms with Gasteiger partial charge in [-0.2, -0.15) is 0 Å². The van der Waals surface area contributed by atoms with Crippen LogP contribution in [0.5, 0.6) is 11.5 Å². The Morgan fingerprint density at radius 1 is 1.15 bits per heavy atom. The molecule has 1 aromatic carbocycles. The Kier molecular flexibility index (Phi) is 6.10. The molecule has 1 rings (SSSR count). The van der Waals surface area contributed by atoms with E-state index in [1.807, 2.05) is 24.3 Å². The Morgan fingerprint density at radius 3 is 2.15 bits per heavy atom. The van der Waals surface area contributed by atoms with E-state index in [-0.39, 0.29) is 12.4 Å². The zero-order chi connectivity index (χ0) is 8.81. The first kappa shape index (κ1) is 12.1. The van der Waals surface area contributed by atoms with Gasteiger partial charge in [0.15, 0.2) is 0 Å². The summed E-state index contributed by atoms with van der Waals surface area (Å²) in [5.41, 5.74) is 5.28. The van der Waals surface area contributed by atoms with E-state index in [0.29, 0.717) is 13.2 Å². The number of ether oxygens (including phenoxy) is 2. The van der Waals surface area contributed by atoms with Gasteiger partial charge in [-0.15, -0.1) is 12.4 Å². The average molecular weight is 204 g/mol. The number of hydrogen-bond donors (Lipinski definition) is 1. The molecule has 0 bridgehead atoms. The molecule has 0 atom stereocenters. The summed E-state index contributed by atoms with van der Waals surface area (Å²) >= 11 is 0. The molecule has 0 aromatic heterocycles. The van der Waals surface area contributed by atoms with Crippen molar-refractivity contribution in [1.29, 1.82) is 0 Å². The number of rotatable bonds is 4. The van der Waals surface area contributed by atoms with Crippen LogP contribution in [0.3, 0.4) is 0 Å². The Labute approximate surface area is 84.2 Å². The molecule has 0 radical (unpaired) electrons. The maximum absolute atomic E-state index is 5.28. The minimum Gasteiger partial charge on any atom is -0.497 e. The van der Waals surface area contributed by atoms with E-state index in [1.54, 1.807) is 7.11 Å². The molecule has 0 unspecified atom stereocenters. The molecule has 0 saturated heterocycles. The van der Waals surface area contributed by atoms with E-state index in [0.717, 1.165) is 11.5 Å². The molecule has 0 amide bonds. The summed E-state index contributed by atoms with van der Waals surface area (Å²) in [6.45, 7) is 1.08. The van der Waals surface area contributed by atoms with Gasteiger partial charge in [-0.1, -0.05) is 0 Å². The van der Waals surface area contributed by atoms with Crippen LogP contribution in [-0.4, -0.2) is 20.3 Å². The Bertz CT molecular complexity index is 226. The first-order chi connectivity index (χ1) is 5.86. The van der Waals surface area contributed by atoms with E-state index in [2.05, 4.69) is 0 Å². The zero-order valence-corrected chi connectivity index (χ0v) is 8.34. The van der Waals surface area contributed by atoms with Gasteiger partial charge in [0.05, 0.1) is 7.11 Å². The zero-order valence-electron chi connectivity index (χ0n) is 7.53. The second-order valence-electron chi connectivity index (χ2n) is 2.31. The molecule has 3 nitrogen and oxygen atoms in total. The lowest BCUT2D eigenvalue weighted by Gasteiger charge is -2.04. The lowest BCUT2D eigenvalue weighted by atomic mass is 10.3. The molecule has 1 aromatic rings. The fourth-order valence-electron chi connectivity index (χ4n) is 0.849. The van der Waals surface area contributed by atoms with Gasteiger partial charge in [-0.05, 0) is 24.3 Å². The summed E-state index contributed by atoms with van der Waals surface area (Å²) in [6, 6.07) is 7.42. The highest BCUT2D eigenvalue weighted by Gasteiger charge is 1.92. The predicted octanol–water partition coefficient (Wildman–Crippen LogP) is 1.45. The Hall–Kier alpha value is -0.930. The molecule has 0 spiro atoms.